The number of hydrogen-bond donors (Lipinski definition) is 2. The van der Waals surface area contributed by atoms with E-state index in [-0.39, 0.29) is 11.6 Å². The summed E-state index contributed by atoms with van der Waals surface area (Å²) in [4.78, 5) is 0. The van der Waals surface area contributed by atoms with Crippen LogP contribution in [0.3, 0.4) is 0 Å². The Hall–Kier alpha value is -0.910. The number of ether oxygens (including phenoxy) is 1. The summed E-state index contributed by atoms with van der Waals surface area (Å²) in [5.74, 6) is 5.86. The molecule has 20 heavy (non-hydrogen) atoms. The SMILES string of the molecule is CCOC1(C(Cc2cc(C)nn2C)NN)CCCCC1. The summed E-state index contributed by atoms with van der Waals surface area (Å²) in [5.41, 5.74) is 5.14. The van der Waals surface area contributed by atoms with Crippen molar-refractivity contribution in [2.45, 2.75) is 64.0 Å². The highest BCUT2D eigenvalue weighted by atomic mass is 16.5. The predicted molar refractivity (Wildman–Crippen MR) is 80.2 cm³/mol. The summed E-state index contributed by atoms with van der Waals surface area (Å²) < 4.78 is 8.12. The summed E-state index contributed by atoms with van der Waals surface area (Å²) in [7, 11) is 1.99. The quantitative estimate of drug-likeness (QED) is 0.616. The van der Waals surface area contributed by atoms with Gasteiger partial charge in [0.15, 0.2) is 0 Å². The second kappa shape index (κ2) is 6.70. The molecule has 114 valence electrons. The van der Waals surface area contributed by atoms with Crippen molar-refractivity contribution in [1.82, 2.24) is 15.2 Å². The van der Waals surface area contributed by atoms with Crippen molar-refractivity contribution in [3.63, 3.8) is 0 Å². The topological polar surface area (TPSA) is 65.1 Å². The van der Waals surface area contributed by atoms with Crippen LogP contribution in [0.25, 0.3) is 0 Å². The molecule has 1 aliphatic carbocycles. The molecular formula is C15H28N4O. The van der Waals surface area contributed by atoms with Crippen molar-refractivity contribution in [2.24, 2.45) is 12.9 Å². The van der Waals surface area contributed by atoms with Crippen LogP contribution in [-0.4, -0.2) is 28.0 Å². The van der Waals surface area contributed by atoms with Gasteiger partial charge in [-0.3, -0.25) is 16.0 Å². The molecule has 0 radical (unpaired) electrons. The molecule has 0 spiro atoms. The third kappa shape index (κ3) is 3.22. The van der Waals surface area contributed by atoms with Crippen molar-refractivity contribution >= 4 is 0 Å². The third-order valence-electron chi connectivity index (χ3n) is 4.48. The fraction of sp³-hybridized carbons (Fsp3) is 0.800. The van der Waals surface area contributed by atoms with E-state index in [0.717, 1.165) is 31.6 Å². The van der Waals surface area contributed by atoms with Gasteiger partial charge in [0.05, 0.1) is 17.3 Å². The average Bonchev–Trinajstić information content (AvgIpc) is 2.75. The van der Waals surface area contributed by atoms with Gasteiger partial charge in [0.25, 0.3) is 0 Å². The second-order valence-corrected chi connectivity index (χ2v) is 5.88. The minimum absolute atomic E-state index is 0.125. The summed E-state index contributed by atoms with van der Waals surface area (Å²) in [6, 6.07) is 2.27. The smallest absolute Gasteiger partial charge is 0.0851 e. The van der Waals surface area contributed by atoms with Crippen molar-refractivity contribution in [2.75, 3.05) is 6.61 Å². The zero-order chi connectivity index (χ0) is 14.6. The zero-order valence-corrected chi connectivity index (χ0v) is 13.0. The maximum Gasteiger partial charge on any atom is 0.0851 e. The van der Waals surface area contributed by atoms with Crippen LogP contribution in [0.2, 0.25) is 0 Å². The summed E-state index contributed by atoms with van der Waals surface area (Å²) in [6.45, 7) is 4.83. The van der Waals surface area contributed by atoms with Crippen molar-refractivity contribution in [3.8, 4) is 0 Å². The minimum atomic E-state index is -0.125. The molecule has 1 aliphatic rings. The molecule has 1 aromatic rings. The highest BCUT2D eigenvalue weighted by molar-refractivity contribution is 5.12. The molecule has 2 rings (SSSR count). The molecule has 0 amide bonds. The first kappa shape index (κ1) is 15.5. The van der Waals surface area contributed by atoms with Gasteiger partial charge in [0.1, 0.15) is 0 Å². The lowest BCUT2D eigenvalue weighted by molar-refractivity contribution is -0.0901. The van der Waals surface area contributed by atoms with Gasteiger partial charge in [-0.1, -0.05) is 19.3 Å². The first-order valence-corrected chi connectivity index (χ1v) is 7.71. The van der Waals surface area contributed by atoms with E-state index in [1.54, 1.807) is 0 Å². The Kier molecular flexibility index (Phi) is 5.18. The van der Waals surface area contributed by atoms with Crippen LogP contribution in [0.4, 0.5) is 0 Å². The Bertz CT molecular complexity index is 418. The highest BCUT2D eigenvalue weighted by Crippen LogP contribution is 2.35. The molecule has 1 atom stereocenters. The van der Waals surface area contributed by atoms with Crippen molar-refractivity contribution < 1.29 is 4.74 Å². The van der Waals surface area contributed by atoms with E-state index in [1.807, 2.05) is 18.7 Å². The Labute approximate surface area is 121 Å². The van der Waals surface area contributed by atoms with E-state index in [4.69, 9.17) is 10.6 Å². The standard InChI is InChI=1S/C15H28N4O/c1-4-20-15(8-6-5-7-9-15)14(17-16)11-13-10-12(2)18-19(13)3/h10,14,17H,4-9,11,16H2,1-3H3. The third-order valence-corrected chi connectivity index (χ3v) is 4.48. The molecule has 1 unspecified atom stereocenters. The lowest BCUT2D eigenvalue weighted by atomic mass is 9.77. The lowest BCUT2D eigenvalue weighted by Gasteiger charge is -2.43. The van der Waals surface area contributed by atoms with Crippen LogP contribution >= 0.6 is 0 Å². The first-order chi connectivity index (χ1) is 9.61. The van der Waals surface area contributed by atoms with E-state index < -0.39 is 0 Å². The molecule has 0 aromatic carbocycles. The van der Waals surface area contributed by atoms with Gasteiger partial charge < -0.3 is 4.74 Å². The normalized spacial score (nSPS) is 20.0. The zero-order valence-electron chi connectivity index (χ0n) is 13.0. The van der Waals surface area contributed by atoms with Crippen LogP contribution in [0.15, 0.2) is 6.07 Å². The predicted octanol–water partition coefficient (Wildman–Crippen LogP) is 1.84. The Morgan fingerprint density at radius 1 is 1.45 bits per heavy atom. The summed E-state index contributed by atoms with van der Waals surface area (Å²) in [6.07, 6.45) is 6.79. The van der Waals surface area contributed by atoms with Crippen molar-refractivity contribution in [3.05, 3.63) is 17.5 Å². The van der Waals surface area contributed by atoms with Crippen LogP contribution in [-0.2, 0) is 18.2 Å². The highest BCUT2D eigenvalue weighted by Gasteiger charge is 2.40. The molecule has 1 fully saturated rings. The van der Waals surface area contributed by atoms with Crippen molar-refractivity contribution in [1.29, 1.82) is 0 Å². The van der Waals surface area contributed by atoms with E-state index in [9.17, 15) is 0 Å². The van der Waals surface area contributed by atoms with Gasteiger partial charge in [0, 0.05) is 25.8 Å². The van der Waals surface area contributed by atoms with Crippen LogP contribution in [0.5, 0.6) is 0 Å². The summed E-state index contributed by atoms with van der Waals surface area (Å²) >= 11 is 0. The molecule has 5 nitrogen and oxygen atoms in total. The van der Waals surface area contributed by atoms with Crippen LogP contribution < -0.4 is 11.3 Å². The maximum atomic E-state index is 6.17. The van der Waals surface area contributed by atoms with E-state index in [0.29, 0.717) is 0 Å². The molecule has 0 bridgehead atoms. The molecule has 5 heteroatoms. The van der Waals surface area contributed by atoms with Gasteiger partial charge in [-0.2, -0.15) is 5.10 Å². The number of rotatable bonds is 6. The molecule has 0 aliphatic heterocycles. The molecule has 3 N–H and O–H groups in total. The van der Waals surface area contributed by atoms with Gasteiger partial charge in [-0.15, -0.1) is 0 Å². The number of hydrogen-bond acceptors (Lipinski definition) is 4. The molecule has 1 aromatic heterocycles. The minimum Gasteiger partial charge on any atom is -0.374 e. The Morgan fingerprint density at radius 3 is 2.65 bits per heavy atom. The number of aryl methyl sites for hydroxylation is 2. The molecule has 1 saturated carbocycles. The van der Waals surface area contributed by atoms with Crippen LogP contribution in [0, 0.1) is 6.92 Å². The van der Waals surface area contributed by atoms with Gasteiger partial charge in [0.2, 0.25) is 0 Å². The summed E-state index contributed by atoms with van der Waals surface area (Å²) in [5, 5.41) is 4.42. The molecular weight excluding hydrogens is 252 g/mol. The number of aromatic nitrogens is 2. The average molecular weight is 280 g/mol. The molecule has 1 heterocycles. The first-order valence-electron chi connectivity index (χ1n) is 7.71. The number of nitrogens with two attached hydrogens (primary N) is 1. The second-order valence-electron chi connectivity index (χ2n) is 5.88. The Balaban J connectivity index is 2.17. The lowest BCUT2D eigenvalue weighted by Crippen LogP contribution is -2.57. The molecule has 0 saturated heterocycles. The monoisotopic (exact) mass is 280 g/mol. The van der Waals surface area contributed by atoms with Gasteiger partial charge in [-0.05, 0) is 32.8 Å². The van der Waals surface area contributed by atoms with E-state index >= 15 is 0 Å². The van der Waals surface area contributed by atoms with E-state index in [2.05, 4.69) is 23.5 Å². The van der Waals surface area contributed by atoms with Gasteiger partial charge >= 0.3 is 0 Å². The largest absolute Gasteiger partial charge is 0.374 e. The maximum absolute atomic E-state index is 6.17. The van der Waals surface area contributed by atoms with Crippen LogP contribution in [0.1, 0.15) is 50.4 Å². The fourth-order valence-corrected chi connectivity index (χ4v) is 3.49. The number of nitrogens with zero attached hydrogens (tertiary/aromatic N) is 2. The van der Waals surface area contributed by atoms with Gasteiger partial charge in [-0.25, -0.2) is 0 Å². The Morgan fingerprint density at radius 2 is 2.15 bits per heavy atom. The number of hydrazine groups is 1. The number of nitrogens with one attached hydrogen (secondary N) is 1. The van der Waals surface area contributed by atoms with E-state index in [1.165, 1.54) is 25.0 Å². The fourth-order valence-electron chi connectivity index (χ4n) is 3.49.